The Balaban J connectivity index is 0.00000162. The van der Waals surface area contributed by atoms with E-state index in [1.165, 1.54) is 4.90 Å². The fourth-order valence-corrected chi connectivity index (χ4v) is 2.22. The van der Waals surface area contributed by atoms with E-state index in [1.54, 1.807) is 11.8 Å². The first-order valence-corrected chi connectivity index (χ1v) is 7.09. The molecule has 1 aliphatic heterocycles. The molecule has 0 aliphatic carbocycles. The van der Waals surface area contributed by atoms with Crippen LogP contribution < -0.4 is 10.6 Å². The zero-order chi connectivity index (χ0) is 12.3. The van der Waals surface area contributed by atoms with Gasteiger partial charge >= 0.3 is 0 Å². The lowest BCUT2D eigenvalue weighted by atomic mass is 9.88. The quantitative estimate of drug-likeness (QED) is 0.836. The molecule has 0 radical (unpaired) electrons. The molecule has 1 fully saturated rings. The van der Waals surface area contributed by atoms with Crippen LogP contribution in [0.15, 0.2) is 29.2 Å². The smallest absolute Gasteiger partial charge is 0.227 e. The van der Waals surface area contributed by atoms with Crippen molar-refractivity contribution in [2.75, 3.05) is 24.7 Å². The summed E-state index contributed by atoms with van der Waals surface area (Å²) in [6.07, 6.45) is 2.04. The number of thioether (sulfide) groups is 1. The highest BCUT2D eigenvalue weighted by molar-refractivity contribution is 7.98. The average Bonchev–Trinajstić information content (AvgIpc) is 2.27. The molecule has 2 rings (SSSR count). The minimum absolute atomic E-state index is 0. The van der Waals surface area contributed by atoms with Crippen LogP contribution >= 0.6 is 24.2 Å². The molecule has 0 saturated carbocycles. The van der Waals surface area contributed by atoms with E-state index in [1.807, 2.05) is 37.4 Å². The van der Waals surface area contributed by atoms with Gasteiger partial charge in [0, 0.05) is 16.5 Å². The molecule has 5 heteroatoms. The predicted octanol–water partition coefficient (Wildman–Crippen LogP) is 2.62. The minimum Gasteiger partial charge on any atom is -0.326 e. The van der Waals surface area contributed by atoms with Gasteiger partial charge in [0.1, 0.15) is 0 Å². The Morgan fingerprint density at radius 1 is 1.39 bits per heavy atom. The van der Waals surface area contributed by atoms with Gasteiger partial charge < -0.3 is 10.6 Å². The normalized spacial score (nSPS) is 16.3. The lowest BCUT2D eigenvalue weighted by molar-refractivity contribution is -0.121. The minimum atomic E-state index is 0. The van der Waals surface area contributed by atoms with Crippen LogP contribution in [0.25, 0.3) is 0 Å². The first-order chi connectivity index (χ1) is 8.20. The summed E-state index contributed by atoms with van der Waals surface area (Å²) in [7, 11) is 0. The topological polar surface area (TPSA) is 41.1 Å². The third-order valence-electron chi connectivity index (χ3n) is 3.29. The van der Waals surface area contributed by atoms with Crippen molar-refractivity contribution in [1.82, 2.24) is 5.32 Å². The molecule has 0 spiro atoms. The van der Waals surface area contributed by atoms with Crippen LogP contribution in [0.4, 0.5) is 5.69 Å². The monoisotopic (exact) mass is 286 g/mol. The molecule has 2 N–H and O–H groups in total. The first-order valence-electron chi connectivity index (χ1n) is 5.86. The molecular formula is C13H19ClN2OS. The summed E-state index contributed by atoms with van der Waals surface area (Å²) in [4.78, 5) is 13.2. The van der Waals surface area contributed by atoms with Gasteiger partial charge in [-0.15, -0.1) is 24.2 Å². The number of hydrogen-bond donors (Lipinski definition) is 2. The van der Waals surface area contributed by atoms with Gasteiger partial charge in [0.15, 0.2) is 0 Å². The van der Waals surface area contributed by atoms with Gasteiger partial charge in [-0.25, -0.2) is 0 Å². The summed E-state index contributed by atoms with van der Waals surface area (Å²) in [5.41, 5.74) is 0.881. The highest BCUT2D eigenvalue weighted by Gasteiger charge is 2.28. The summed E-state index contributed by atoms with van der Waals surface area (Å²) in [6.45, 7) is 3.91. The molecule has 0 aromatic heterocycles. The lowest BCUT2D eigenvalue weighted by Crippen LogP contribution is -2.48. The largest absolute Gasteiger partial charge is 0.326 e. The molecule has 1 atom stereocenters. The second-order valence-corrected chi connectivity index (χ2v) is 5.30. The third-order valence-corrected chi connectivity index (χ3v) is 4.03. The van der Waals surface area contributed by atoms with Crippen molar-refractivity contribution in [3.8, 4) is 0 Å². The molecule has 1 aromatic rings. The maximum absolute atomic E-state index is 12.0. The maximum Gasteiger partial charge on any atom is 0.227 e. The summed E-state index contributed by atoms with van der Waals surface area (Å²) in [6, 6.07) is 7.96. The van der Waals surface area contributed by atoms with Gasteiger partial charge in [-0.2, -0.15) is 0 Å². The maximum atomic E-state index is 12.0. The molecule has 18 heavy (non-hydrogen) atoms. The van der Waals surface area contributed by atoms with Crippen molar-refractivity contribution < 1.29 is 4.79 Å². The van der Waals surface area contributed by atoms with Crippen LogP contribution in [-0.2, 0) is 4.79 Å². The fraction of sp³-hybridized carbons (Fsp3) is 0.462. The van der Waals surface area contributed by atoms with Gasteiger partial charge in [0.05, 0.1) is 0 Å². The average molecular weight is 287 g/mol. The summed E-state index contributed by atoms with van der Waals surface area (Å²) >= 11 is 1.70. The zero-order valence-electron chi connectivity index (χ0n) is 10.6. The van der Waals surface area contributed by atoms with Crippen LogP contribution in [0.3, 0.4) is 0 Å². The number of amides is 1. The summed E-state index contributed by atoms with van der Waals surface area (Å²) in [5.74, 6) is 0.686. The number of benzene rings is 1. The molecule has 0 bridgehead atoms. The van der Waals surface area contributed by atoms with Crippen LogP contribution in [0, 0.1) is 11.8 Å². The molecule has 1 aromatic carbocycles. The Kier molecular flexibility index (Phi) is 5.99. The van der Waals surface area contributed by atoms with E-state index in [-0.39, 0.29) is 24.2 Å². The Morgan fingerprint density at radius 2 is 2.00 bits per heavy atom. The Morgan fingerprint density at radius 3 is 2.44 bits per heavy atom. The van der Waals surface area contributed by atoms with E-state index in [4.69, 9.17) is 0 Å². The van der Waals surface area contributed by atoms with Crippen LogP contribution in [0.2, 0.25) is 0 Å². The Hall–Kier alpha value is -0.710. The van der Waals surface area contributed by atoms with Gasteiger partial charge in [0.25, 0.3) is 0 Å². The third kappa shape index (κ3) is 3.64. The zero-order valence-corrected chi connectivity index (χ0v) is 12.2. The SMILES string of the molecule is CSc1ccc(NC(=O)C(C)C2CNC2)cc1.Cl. The standard InChI is InChI=1S/C13H18N2OS.ClH/c1-9(10-7-14-8-10)13(16)15-11-3-5-12(17-2)6-4-11;/h3-6,9-10,14H,7-8H2,1-2H3,(H,15,16);1H. The van der Waals surface area contributed by atoms with E-state index < -0.39 is 0 Å². The van der Waals surface area contributed by atoms with Gasteiger partial charge in [-0.05, 0) is 49.5 Å². The summed E-state index contributed by atoms with van der Waals surface area (Å²) in [5, 5.41) is 6.16. The predicted molar refractivity (Wildman–Crippen MR) is 79.6 cm³/mol. The van der Waals surface area contributed by atoms with Crippen molar-refractivity contribution in [1.29, 1.82) is 0 Å². The number of carbonyl (C=O) groups excluding carboxylic acids is 1. The van der Waals surface area contributed by atoms with Gasteiger partial charge in [-0.1, -0.05) is 6.92 Å². The Labute approximate surface area is 119 Å². The highest BCUT2D eigenvalue weighted by atomic mass is 35.5. The number of nitrogens with one attached hydrogen (secondary N) is 2. The Bertz CT molecular complexity index is 392. The van der Waals surface area contributed by atoms with E-state index in [2.05, 4.69) is 10.6 Å². The van der Waals surface area contributed by atoms with E-state index in [9.17, 15) is 4.79 Å². The number of carbonyl (C=O) groups is 1. The molecule has 1 saturated heterocycles. The second-order valence-electron chi connectivity index (χ2n) is 4.42. The highest BCUT2D eigenvalue weighted by Crippen LogP contribution is 2.20. The van der Waals surface area contributed by atoms with Crippen molar-refractivity contribution in [2.24, 2.45) is 11.8 Å². The molecule has 3 nitrogen and oxygen atoms in total. The van der Waals surface area contributed by atoms with Crippen molar-refractivity contribution in [3.05, 3.63) is 24.3 Å². The van der Waals surface area contributed by atoms with Crippen LogP contribution in [-0.4, -0.2) is 25.3 Å². The molecule has 100 valence electrons. The van der Waals surface area contributed by atoms with E-state index in [0.717, 1.165) is 18.8 Å². The van der Waals surface area contributed by atoms with Crippen LogP contribution in [0.1, 0.15) is 6.92 Å². The molecule has 1 aliphatic rings. The molecule has 1 amide bonds. The fourth-order valence-electron chi connectivity index (χ4n) is 1.81. The molecule has 1 heterocycles. The van der Waals surface area contributed by atoms with Crippen molar-refractivity contribution in [2.45, 2.75) is 11.8 Å². The summed E-state index contributed by atoms with van der Waals surface area (Å²) < 4.78 is 0. The number of rotatable bonds is 4. The van der Waals surface area contributed by atoms with Crippen molar-refractivity contribution in [3.63, 3.8) is 0 Å². The van der Waals surface area contributed by atoms with E-state index >= 15 is 0 Å². The second kappa shape index (κ2) is 7.02. The van der Waals surface area contributed by atoms with Gasteiger partial charge in [-0.3, -0.25) is 4.79 Å². The van der Waals surface area contributed by atoms with Gasteiger partial charge in [0.2, 0.25) is 5.91 Å². The number of anilines is 1. The van der Waals surface area contributed by atoms with Crippen molar-refractivity contribution >= 4 is 35.8 Å². The van der Waals surface area contributed by atoms with Crippen LogP contribution in [0.5, 0.6) is 0 Å². The lowest BCUT2D eigenvalue weighted by Gasteiger charge is -2.31. The number of halogens is 1. The molecule has 1 unspecified atom stereocenters. The van der Waals surface area contributed by atoms with E-state index in [0.29, 0.717) is 5.92 Å². The first kappa shape index (κ1) is 15.3. The molecular weight excluding hydrogens is 268 g/mol. The number of hydrogen-bond acceptors (Lipinski definition) is 3.